The minimum atomic E-state index is -3.99. The third-order valence-electron chi connectivity index (χ3n) is 5.36. The number of sulfonamides is 1. The summed E-state index contributed by atoms with van der Waals surface area (Å²) in [4.78, 5) is 15.2. The number of nitrogens with zero attached hydrogens (tertiary/aromatic N) is 2. The van der Waals surface area contributed by atoms with Crippen LogP contribution in [0.2, 0.25) is 0 Å². The molecule has 28 heavy (non-hydrogen) atoms. The number of ether oxygens (including phenoxy) is 1. The van der Waals surface area contributed by atoms with E-state index in [0.717, 1.165) is 34.9 Å². The van der Waals surface area contributed by atoms with Gasteiger partial charge in [0.1, 0.15) is 4.90 Å². The van der Waals surface area contributed by atoms with E-state index in [1.165, 1.54) is 0 Å². The first-order chi connectivity index (χ1) is 13.4. The predicted molar refractivity (Wildman–Crippen MR) is 108 cm³/mol. The van der Waals surface area contributed by atoms with Gasteiger partial charge in [0.05, 0.1) is 18.0 Å². The van der Waals surface area contributed by atoms with Gasteiger partial charge in [-0.3, -0.25) is 4.90 Å². The Hall–Kier alpha value is -2.38. The largest absolute Gasteiger partial charge is 0.381 e. The van der Waals surface area contributed by atoms with Crippen LogP contribution >= 0.6 is 0 Å². The lowest BCUT2D eigenvalue weighted by Gasteiger charge is -2.38. The smallest absolute Gasteiger partial charge is 0.343 e. The van der Waals surface area contributed by atoms with Crippen molar-refractivity contribution in [3.63, 3.8) is 0 Å². The normalized spacial score (nSPS) is 21.5. The number of anilines is 2. The second kappa shape index (κ2) is 7.22. The molecule has 6 nitrogen and oxygen atoms in total. The van der Waals surface area contributed by atoms with Crippen molar-refractivity contribution in [1.82, 2.24) is 0 Å². The van der Waals surface area contributed by atoms with Crippen LogP contribution in [0.15, 0.2) is 47.4 Å². The average molecular weight is 401 g/mol. The fourth-order valence-electron chi connectivity index (χ4n) is 3.87. The molecule has 0 saturated carbocycles. The van der Waals surface area contributed by atoms with Crippen LogP contribution in [-0.4, -0.2) is 34.2 Å². The molecule has 2 aromatic rings. The fraction of sp³-hybridized carbons (Fsp3) is 0.381. The van der Waals surface area contributed by atoms with Crippen molar-refractivity contribution in [2.75, 3.05) is 29.0 Å². The molecule has 0 N–H and O–H groups in total. The number of hydrogen-bond donors (Lipinski definition) is 0. The van der Waals surface area contributed by atoms with Crippen molar-refractivity contribution in [3.8, 4) is 0 Å². The van der Waals surface area contributed by atoms with Crippen LogP contribution in [0, 0.1) is 19.8 Å². The molecule has 1 saturated heterocycles. The summed E-state index contributed by atoms with van der Waals surface area (Å²) in [5.41, 5.74) is 2.49. The monoisotopic (exact) mass is 400 g/mol. The summed E-state index contributed by atoms with van der Waals surface area (Å²) in [6.07, 6.45) is 1.91. The molecule has 2 aromatic carbocycles. The standard InChI is InChI=1S/C21H24N2O4S/c1-15-9-10-16(2)19(12-15)23-21(24)22(13-17-6-5-11-27-14-17)18-7-3-4-8-20(18)28(23,25)26/h3-4,7-10,12,17H,5-6,11,13-14H2,1-2H3. The van der Waals surface area contributed by atoms with Crippen molar-refractivity contribution in [3.05, 3.63) is 53.6 Å². The van der Waals surface area contributed by atoms with Crippen LogP contribution in [-0.2, 0) is 14.8 Å². The minimum Gasteiger partial charge on any atom is -0.381 e. The van der Waals surface area contributed by atoms with Gasteiger partial charge in [-0.2, -0.15) is 4.31 Å². The van der Waals surface area contributed by atoms with Gasteiger partial charge in [0.2, 0.25) is 0 Å². The van der Waals surface area contributed by atoms with Crippen molar-refractivity contribution in [2.24, 2.45) is 5.92 Å². The quantitative estimate of drug-likeness (QED) is 0.785. The van der Waals surface area contributed by atoms with Crippen LogP contribution < -0.4 is 9.21 Å². The van der Waals surface area contributed by atoms with Gasteiger partial charge in [0.15, 0.2) is 0 Å². The Morgan fingerprint density at radius 2 is 1.89 bits per heavy atom. The zero-order valence-electron chi connectivity index (χ0n) is 16.1. The number of hydrogen-bond acceptors (Lipinski definition) is 4. The van der Waals surface area contributed by atoms with Gasteiger partial charge in [-0.25, -0.2) is 13.2 Å². The molecule has 7 heteroatoms. The molecule has 148 valence electrons. The third kappa shape index (κ3) is 3.18. The van der Waals surface area contributed by atoms with Crippen molar-refractivity contribution in [2.45, 2.75) is 31.6 Å². The van der Waals surface area contributed by atoms with Crippen LogP contribution in [0.4, 0.5) is 16.2 Å². The molecular formula is C21H24N2O4S. The van der Waals surface area contributed by atoms with Gasteiger partial charge in [-0.1, -0.05) is 24.3 Å². The van der Waals surface area contributed by atoms with Gasteiger partial charge in [-0.05, 0) is 56.0 Å². The maximum Gasteiger partial charge on any atom is 0.343 e. The van der Waals surface area contributed by atoms with E-state index in [1.807, 2.05) is 26.0 Å². The Bertz CT molecular complexity index is 1010. The van der Waals surface area contributed by atoms with Crippen LogP contribution in [0.25, 0.3) is 0 Å². The van der Waals surface area contributed by atoms with E-state index in [9.17, 15) is 13.2 Å². The molecule has 0 radical (unpaired) electrons. The maximum atomic E-state index is 13.5. The minimum absolute atomic E-state index is 0.159. The van der Waals surface area contributed by atoms with E-state index in [-0.39, 0.29) is 10.8 Å². The Labute approximate surface area is 165 Å². The van der Waals surface area contributed by atoms with Crippen molar-refractivity contribution < 1.29 is 17.9 Å². The summed E-state index contributed by atoms with van der Waals surface area (Å²) in [5, 5.41) is 0. The molecule has 2 aliphatic heterocycles. The van der Waals surface area contributed by atoms with Gasteiger partial charge < -0.3 is 4.74 Å². The molecule has 1 fully saturated rings. The lowest BCUT2D eigenvalue weighted by atomic mass is 10.0. The Kier molecular flexibility index (Phi) is 4.89. The van der Waals surface area contributed by atoms with E-state index in [4.69, 9.17) is 4.74 Å². The second-order valence-electron chi connectivity index (χ2n) is 7.50. The highest BCUT2D eigenvalue weighted by atomic mass is 32.2. The number of benzene rings is 2. The average Bonchev–Trinajstić information content (AvgIpc) is 2.69. The summed E-state index contributed by atoms with van der Waals surface area (Å²) in [6, 6.07) is 11.7. The molecule has 2 heterocycles. The number of urea groups is 1. The lowest BCUT2D eigenvalue weighted by Crippen LogP contribution is -2.53. The highest BCUT2D eigenvalue weighted by Gasteiger charge is 2.43. The Morgan fingerprint density at radius 1 is 1.11 bits per heavy atom. The molecule has 2 amide bonds. The summed E-state index contributed by atoms with van der Waals surface area (Å²) in [5.74, 6) is 0.187. The third-order valence-corrected chi connectivity index (χ3v) is 7.09. The van der Waals surface area contributed by atoms with Crippen LogP contribution in [0.5, 0.6) is 0 Å². The first-order valence-electron chi connectivity index (χ1n) is 9.50. The number of carbonyl (C=O) groups excluding carboxylic acids is 1. The summed E-state index contributed by atoms with van der Waals surface area (Å²) >= 11 is 0. The number of carbonyl (C=O) groups is 1. The van der Waals surface area contributed by atoms with Gasteiger partial charge >= 0.3 is 6.03 Å². The van der Waals surface area contributed by atoms with Crippen LogP contribution in [0.1, 0.15) is 24.0 Å². The fourth-order valence-corrected chi connectivity index (χ4v) is 5.52. The molecule has 1 unspecified atom stereocenters. The molecule has 0 bridgehead atoms. The number of para-hydroxylation sites is 1. The lowest BCUT2D eigenvalue weighted by molar-refractivity contribution is 0.0578. The highest BCUT2D eigenvalue weighted by molar-refractivity contribution is 7.94. The van der Waals surface area contributed by atoms with E-state index in [0.29, 0.717) is 24.5 Å². The van der Waals surface area contributed by atoms with Crippen molar-refractivity contribution in [1.29, 1.82) is 0 Å². The zero-order valence-corrected chi connectivity index (χ0v) is 16.9. The topological polar surface area (TPSA) is 66.9 Å². The van der Waals surface area contributed by atoms with Crippen molar-refractivity contribution >= 4 is 27.4 Å². The number of fused-ring (bicyclic) bond motifs is 1. The molecule has 0 aliphatic carbocycles. The second-order valence-corrected chi connectivity index (χ2v) is 9.26. The maximum absolute atomic E-state index is 13.5. The SMILES string of the molecule is Cc1ccc(C)c(N2C(=O)N(CC3CCCOC3)c3ccccc3S2(=O)=O)c1. The zero-order chi connectivity index (χ0) is 19.9. The molecular weight excluding hydrogens is 376 g/mol. The predicted octanol–water partition coefficient (Wildman–Crippen LogP) is 3.87. The van der Waals surface area contributed by atoms with E-state index >= 15 is 0 Å². The highest BCUT2D eigenvalue weighted by Crippen LogP contribution is 2.39. The first kappa shape index (κ1) is 19.0. The number of aryl methyl sites for hydroxylation is 2. The molecule has 0 aromatic heterocycles. The molecule has 2 aliphatic rings. The molecule has 1 atom stereocenters. The van der Waals surface area contributed by atoms with E-state index < -0.39 is 16.1 Å². The Balaban J connectivity index is 1.84. The number of rotatable bonds is 3. The summed E-state index contributed by atoms with van der Waals surface area (Å²) in [6.45, 7) is 5.46. The van der Waals surface area contributed by atoms with E-state index in [2.05, 4.69) is 0 Å². The van der Waals surface area contributed by atoms with Crippen LogP contribution in [0.3, 0.4) is 0 Å². The van der Waals surface area contributed by atoms with E-state index in [1.54, 1.807) is 35.2 Å². The summed E-state index contributed by atoms with van der Waals surface area (Å²) < 4.78 is 33.3. The summed E-state index contributed by atoms with van der Waals surface area (Å²) in [7, 11) is -3.99. The van der Waals surface area contributed by atoms with Gasteiger partial charge in [0.25, 0.3) is 10.0 Å². The molecule has 0 spiro atoms. The van der Waals surface area contributed by atoms with Gasteiger partial charge in [0, 0.05) is 19.1 Å². The first-order valence-corrected chi connectivity index (χ1v) is 10.9. The van der Waals surface area contributed by atoms with Gasteiger partial charge in [-0.15, -0.1) is 0 Å². The number of amides is 2. The Morgan fingerprint density at radius 3 is 2.64 bits per heavy atom. The molecule has 4 rings (SSSR count).